The van der Waals surface area contributed by atoms with Gasteiger partial charge in [0.1, 0.15) is 0 Å². The van der Waals surface area contributed by atoms with E-state index in [1.165, 1.54) is 7.11 Å². The minimum Gasteiger partial charge on any atom is -0.391 e. The molecule has 0 aromatic carbocycles. The topological polar surface area (TPSA) is 67.8 Å². The molecule has 84 valence electrons. The van der Waals surface area contributed by atoms with E-state index < -0.39 is 6.10 Å². The summed E-state index contributed by atoms with van der Waals surface area (Å²) in [6.07, 6.45) is 0.353. The van der Waals surface area contributed by atoms with Crippen molar-refractivity contribution in [1.82, 2.24) is 5.32 Å². The zero-order valence-corrected chi connectivity index (χ0v) is 8.78. The van der Waals surface area contributed by atoms with Crippen LogP contribution in [0.3, 0.4) is 0 Å². The number of methoxy groups -OCH3 is 2. The van der Waals surface area contributed by atoms with Gasteiger partial charge in [0.2, 0.25) is 5.91 Å². The van der Waals surface area contributed by atoms with Gasteiger partial charge < -0.3 is 19.9 Å². The zero-order chi connectivity index (χ0) is 10.8. The van der Waals surface area contributed by atoms with Crippen LogP contribution in [0.2, 0.25) is 0 Å². The molecule has 14 heavy (non-hydrogen) atoms. The van der Waals surface area contributed by atoms with Gasteiger partial charge in [0.05, 0.1) is 19.3 Å². The summed E-state index contributed by atoms with van der Waals surface area (Å²) >= 11 is 0. The number of hydrogen-bond acceptors (Lipinski definition) is 4. The van der Waals surface area contributed by atoms with E-state index in [0.717, 1.165) is 0 Å². The van der Waals surface area contributed by atoms with E-state index in [-0.39, 0.29) is 5.91 Å². The van der Waals surface area contributed by atoms with Crippen LogP contribution < -0.4 is 5.32 Å². The number of carbonyl (C=O) groups excluding carboxylic acids is 1. The van der Waals surface area contributed by atoms with Crippen LogP contribution in [0.25, 0.3) is 0 Å². The van der Waals surface area contributed by atoms with Crippen LogP contribution in [0, 0.1) is 0 Å². The Morgan fingerprint density at radius 3 is 2.71 bits per heavy atom. The van der Waals surface area contributed by atoms with E-state index >= 15 is 0 Å². The van der Waals surface area contributed by atoms with Crippen molar-refractivity contribution in [3.05, 3.63) is 0 Å². The Morgan fingerprint density at radius 2 is 2.14 bits per heavy atom. The Kier molecular flexibility index (Phi) is 8.51. The van der Waals surface area contributed by atoms with E-state index in [0.29, 0.717) is 32.6 Å². The van der Waals surface area contributed by atoms with Crippen LogP contribution in [-0.4, -0.2) is 51.1 Å². The third-order valence-electron chi connectivity index (χ3n) is 1.69. The number of aliphatic hydroxyl groups excluding tert-OH is 1. The molecule has 0 aliphatic carbocycles. The van der Waals surface area contributed by atoms with Crippen molar-refractivity contribution in [2.24, 2.45) is 0 Å². The predicted molar refractivity (Wildman–Crippen MR) is 52.0 cm³/mol. The molecule has 0 saturated carbocycles. The van der Waals surface area contributed by atoms with Crippen molar-refractivity contribution in [2.45, 2.75) is 18.9 Å². The van der Waals surface area contributed by atoms with Crippen LogP contribution in [0.5, 0.6) is 0 Å². The van der Waals surface area contributed by atoms with Crippen molar-refractivity contribution in [1.29, 1.82) is 0 Å². The molecule has 0 aromatic heterocycles. The molecule has 0 rings (SSSR count). The van der Waals surface area contributed by atoms with E-state index in [1.807, 2.05) is 0 Å². The van der Waals surface area contributed by atoms with Crippen LogP contribution >= 0.6 is 0 Å². The Morgan fingerprint density at radius 1 is 1.43 bits per heavy atom. The monoisotopic (exact) mass is 205 g/mol. The number of aliphatic hydroxyl groups is 1. The van der Waals surface area contributed by atoms with Crippen LogP contribution in [0.1, 0.15) is 12.8 Å². The minimum atomic E-state index is -0.511. The lowest BCUT2D eigenvalue weighted by Gasteiger charge is -2.09. The predicted octanol–water partition coefficient (Wildman–Crippen LogP) is -0.463. The second-order valence-electron chi connectivity index (χ2n) is 2.99. The summed E-state index contributed by atoms with van der Waals surface area (Å²) in [7, 11) is 3.08. The molecule has 0 bridgehead atoms. The second kappa shape index (κ2) is 8.93. The Bertz CT molecular complexity index is 152. The van der Waals surface area contributed by atoms with Crippen LogP contribution in [0.15, 0.2) is 0 Å². The maximum Gasteiger partial charge on any atom is 0.222 e. The van der Waals surface area contributed by atoms with Crippen molar-refractivity contribution in [2.75, 3.05) is 34.0 Å². The van der Waals surface area contributed by atoms with Crippen molar-refractivity contribution < 1.29 is 19.4 Å². The van der Waals surface area contributed by atoms with Gasteiger partial charge in [-0.05, 0) is 6.42 Å². The maximum atomic E-state index is 11.0. The first-order valence-electron chi connectivity index (χ1n) is 4.63. The van der Waals surface area contributed by atoms with E-state index in [9.17, 15) is 9.90 Å². The molecule has 0 aliphatic rings. The van der Waals surface area contributed by atoms with Gasteiger partial charge in [-0.2, -0.15) is 0 Å². The molecule has 1 unspecified atom stereocenters. The average molecular weight is 205 g/mol. The van der Waals surface area contributed by atoms with Crippen molar-refractivity contribution >= 4 is 5.91 Å². The first-order valence-corrected chi connectivity index (χ1v) is 4.63. The highest BCUT2D eigenvalue weighted by Gasteiger charge is 2.04. The second-order valence-corrected chi connectivity index (χ2v) is 2.99. The smallest absolute Gasteiger partial charge is 0.222 e. The molecule has 5 heteroatoms. The standard InChI is InChI=1S/C9H19NO4/c1-13-6-4-9(12)10-5-3-8(11)7-14-2/h8,11H,3-7H2,1-2H3,(H,10,12). The number of hydrogen-bond donors (Lipinski definition) is 2. The molecule has 0 aliphatic heterocycles. The van der Waals surface area contributed by atoms with Crippen LogP contribution in [0.4, 0.5) is 0 Å². The largest absolute Gasteiger partial charge is 0.391 e. The van der Waals surface area contributed by atoms with E-state index in [1.54, 1.807) is 7.11 Å². The van der Waals surface area contributed by atoms with Gasteiger partial charge in [0.25, 0.3) is 0 Å². The highest BCUT2D eigenvalue weighted by Crippen LogP contribution is 1.90. The Balaban J connectivity index is 3.30. The summed E-state index contributed by atoms with van der Waals surface area (Å²) in [5.41, 5.74) is 0. The normalized spacial score (nSPS) is 12.5. The molecule has 2 N–H and O–H groups in total. The fraction of sp³-hybridized carbons (Fsp3) is 0.889. The lowest BCUT2D eigenvalue weighted by Crippen LogP contribution is -2.29. The molecular weight excluding hydrogens is 186 g/mol. The number of rotatable bonds is 8. The Labute approximate surface area is 84.4 Å². The first-order chi connectivity index (χ1) is 6.70. The van der Waals surface area contributed by atoms with Gasteiger partial charge in [0, 0.05) is 27.2 Å². The van der Waals surface area contributed by atoms with Gasteiger partial charge in [-0.15, -0.1) is 0 Å². The van der Waals surface area contributed by atoms with Gasteiger partial charge in [-0.1, -0.05) is 0 Å². The molecule has 5 nitrogen and oxygen atoms in total. The summed E-state index contributed by atoms with van der Waals surface area (Å²) in [6, 6.07) is 0. The molecular formula is C9H19NO4. The minimum absolute atomic E-state index is 0.0588. The lowest BCUT2D eigenvalue weighted by atomic mass is 10.2. The number of nitrogens with one attached hydrogen (secondary N) is 1. The summed E-state index contributed by atoms with van der Waals surface area (Å²) in [5, 5.41) is 11.9. The number of ether oxygens (including phenoxy) is 2. The molecule has 1 amide bonds. The SMILES string of the molecule is COCCC(=O)NCCC(O)COC. The van der Waals surface area contributed by atoms with Crippen molar-refractivity contribution in [3.63, 3.8) is 0 Å². The van der Waals surface area contributed by atoms with Gasteiger partial charge in [-0.3, -0.25) is 4.79 Å². The van der Waals surface area contributed by atoms with Gasteiger partial charge in [-0.25, -0.2) is 0 Å². The van der Waals surface area contributed by atoms with Crippen LogP contribution in [-0.2, 0) is 14.3 Å². The summed E-state index contributed by atoms with van der Waals surface area (Å²) in [5.74, 6) is -0.0588. The number of carbonyl (C=O) groups is 1. The number of amides is 1. The zero-order valence-electron chi connectivity index (χ0n) is 8.78. The fourth-order valence-electron chi connectivity index (χ4n) is 0.937. The highest BCUT2D eigenvalue weighted by atomic mass is 16.5. The molecule has 0 spiro atoms. The van der Waals surface area contributed by atoms with Crippen molar-refractivity contribution in [3.8, 4) is 0 Å². The summed E-state index contributed by atoms with van der Waals surface area (Å²) in [4.78, 5) is 11.0. The van der Waals surface area contributed by atoms with Gasteiger partial charge in [0.15, 0.2) is 0 Å². The highest BCUT2D eigenvalue weighted by molar-refractivity contribution is 5.75. The lowest BCUT2D eigenvalue weighted by molar-refractivity contribution is -0.122. The summed E-state index contributed by atoms with van der Waals surface area (Å²) < 4.78 is 9.49. The Hall–Kier alpha value is -0.650. The summed E-state index contributed by atoms with van der Waals surface area (Å²) in [6.45, 7) is 1.19. The average Bonchev–Trinajstić information content (AvgIpc) is 2.15. The third-order valence-corrected chi connectivity index (χ3v) is 1.69. The molecule has 1 atom stereocenters. The maximum absolute atomic E-state index is 11.0. The molecule has 0 saturated heterocycles. The third kappa shape index (κ3) is 7.97. The molecule has 0 aromatic rings. The molecule has 0 fully saturated rings. The quantitative estimate of drug-likeness (QED) is 0.562. The van der Waals surface area contributed by atoms with E-state index in [4.69, 9.17) is 9.47 Å². The molecule has 0 heterocycles. The van der Waals surface area contributed by atoms with E-state index in [2.05, 4.69) is 5.32 Å². The molecule has 0 radical (unpaired) electrons. The van der Waals surface area contributed by atoms with Gasteiger partial charge >= 0.3 is 0 Å². The fourth-order valence-corrected chi connectivity index (χ4v) is 0.937. The first kappa shape index (κ1) is 13.4.